The monoisotopic (exact) mass is 464 g/mol. The fourth-order valence-electron chi connectivity index (χ4n) is 1.78. The van der Waals surface area contributed by atoms with Crippen LogP contribution in [0.5, 0.6) is 0 Å². The Balaban J connectivity index is 2.20. The lowest BCUT2D eigenvalue weighted by Gasteiger charge is -2.02. The first-order valence-electron chi connectivity index (χ1n) is 5.25. The first-order chi connectivity index (χ1) is 8.65. The van der Waals surface area contributed by atoms with E-state index in [1.54, 1.807) is 12.1 Å². The predicted octanol–water partition coefficient (Wildman–Crippen LogP) is 4.58. The lowest BCUT2D eigenvalue weighted by atomic mass is 10.2. The Kier molecular flexibility index (Phi) is 3.27. The summed E-state index contributed by atoms with van der Waals surface area (Å²) in [6, 6.07) is 11.4. The number of rotatable bonds is 1. The summed E-state index contributed by atoms with van der Waals surface area (Å²) in [6.45, 7) is 0. The standard InChI is InChI=1S/C13H7FI2N2/c14-12-8(15)5-7(6-9(12)16)13-17-10-3-1-2-4-11(10)18-13/h1-6H,(H,17,18). The molecule has 0 saturated carbocycles. The zero-order chi connectivity index (χ0) is 12.7. The van der Waals surface area contributed by atoms with Gasteiger partial charge in [-0.2, -0.15) is 0 Å². The van der Waals surface area contributed by atoms with Crippen molar-refractivity contribution in [3.05, 3.63) is 49.4 Å². The van der Waals surface area contributed by atoms with Gasteiger partial charge in [0.05, 0.1) is 18.2 Å². The number of nitrogens with one attached hydrogen (secondary N) is 1. The number of hydrogen-bond acceptors (Lipinski definition) is 1. The predicted molar refractivity (Wildman–Crippen MR) is 86.9 cm³/mol. The molecule has 2 nitrogen and oxygen atoms in total. The molecule has 5 heteroatoms. The third kappa shape index (κ3) is 2.13. The van der Waals surface area contributed by atoms with Gasteiger partial charge in [0.2, 0.25) is 0 Å². The van der Waals surface area contributed by atoms with E-state index >= 15 is 0 Å². The Hall–Kier alpha value is -0.700. The molecular formula is C13H7FI2N2. The van der Waals surface area contributed by atoms with Gasteiger partial charge in [0.25, 0.3) is 0 Å². The zero-order valence-corrected chi connectivity index (χ0v) is 13.4. The first-order valence-corrected chi connectivity index (χ1v) is 7.40. The molecule has 0 amide bonds. The fourth-order valence-corrected chi connectivity index (χ4v) is 3.55. The lowest BCUT2D eigenvalue weighted by molar-refractivity contribution is 0.613. The van der Waals surface area contributed by atoms with Crippen molar-refractivity contribution < 1.29 is 4.39 Å². The maximum absolute atomic E-state index is 13.6. The van der Waals surface area contributed by atoms with Crippen LogP contribution in [0.2, 0.25) is 0 Å². The molecule has 2 aromatic carbocycles. The summed E-state index contributed by atoms with van der Waals surface area (Å²) < 4.78 is 14.8. The smallest absolute Gasteiger partial charge is 0.149 e. The molecule has 0 fully saturated rings. The second kappa shape index (κ2) is 4.76. The molecule has 1 heterocycles. The highest BCUT2D eigenvalue weighted by molar-refractivity contribution is 14.1. The van der Waals surface area contributed by atoms with Gasteiger partial charge in [-0.25, -0.2) is 9.37 Å². The van der Waals surface area contributed by atoms with E-state index in [0.717, 1.165) is 22.4 Å². The molecule has 0 atom stereocenters. The average molecular weight is 464 g/mol. The summed E-state index contributed by atoms with van der Waals surface area (Å²) in [4.78, 5) is 7.76. The summed E-state index contributed by atoms with van der Waals surface area (Å²) in [6.07, 6.45) is 0. The van der Waals surface area contributed by atoms with Crippen LogP contribution in [0, 0.1) is 13.0 Å². The van der Waals surface area contributed by atoms with Crippen molar-refractivity contribution >= 4 is 56.2 Å². The maximum Gasteiger partial charge on any atom is 0.149 e. The minimum absolute atomic E-state index is 0.170. The molecule has 0 saturated heterocycles. The second-order valence-corrected chi connectivity index (χ2v) is 6.18. The van der Waals surface area contributed by atoms with Gasteiger partial charge in [-0.15, -0.1) is 0 Å². The third-order valence-electron chi connectivity index (χ3n) is 2.65. The molecule has 3 rings (SSSR count). The van der Waals surface area contributed by atoms with E-state index in [2.05, 4.69) is 9.97 Å². The van der Waals surface area contributed by atoms with E-state index in [-0.39, 0.29) is 5.82 Å². The number of aromatic amines is 1. The highest BCUT2D eigenvalue weighted by Crippen LogP contribution is 2.26. The van der Waals surface area contributed by atoms with Crippen LogP contribution in [0.4, 0.5) is 4.39 Å². The number of fused-ring (bicyclic) bond motifs is 1. The minimum Gasteiger partial charge on any atom is -0.338 e. The first kappa shape index (κ1) is 12.3. The normalized spacial score (nSPS) is 11.1. The summed E-state index contributed by atoms with van der Waals surface area (Å²) in [5, 5.41) is 0. The molecule has 0 unspecified atom stereocenters. The number of hydrogen-bond donors (Lipinski definition) is 1. The molecule has 0 bridgehead atoms. The van der Waals surface area contributed by atoms with Crippen molar-refractivity contribution in [1.29, 1.82) is 0 Å². The van der Waals surface area contributed by atoms with Crippen molar-refractivity contribution in [2.24, 2.45) is 0 Å². The fraction of sp³-hybridized carbons (Fsp3) is 0. The Morgan fingerprint density at radius 2 is 1.72 bits per heavy atom. The topological polar surface area (TPSA) is 28.7 Å². The Labute approximate surface area is 130 Å². The van der Waals surface area contributed by atoms with Crippen LogP contribution in [0.1, 0.15) is 0 Å². The molecular weight excluding hydrogens is 457 g/mol. The molecule has 0 aliphatic rings. The van der Waals surface area contributed by atoms with Gasteiger partial charge >= 0.3 is 0 Å². The SMILES string of the molecule is Fc1c(I)cc(-c2nc3ccccc3[nH]2)cc1I. The van der Waals surface area contributed by atoms with Crippen LogP contribution >= 0.6 is 45.2 Å². The van der Waals surface area contributed by atoms with Gasteiger partial charge < -0.3 is 4.98 Å². The molecule has 1 aromatic heterocycles. The van der Waals surface area contributed by atoms with Crippen LogP contribution in [0.15, 0.2) is 36.4 Å². The van der Waals surface area contributed by atoms with Gasteiger partial charge in [0.1, 0.15) is 11.6 Å². The highest BCUT2D eigenvalue weighted by atomic mass is 127. The summed E-state index contributed by atoms with van der Waals surface area (Å²) in [5.41, 5.74) is 2.81. The Morgan fingerprint density at radius 1 is 1.06 bits per heavy atom. The van der Waals surface area contributed by atoms with Crippen LogP contribution < -0.4 is 0 Å². The van der Waals surface area contributed by atoms with Crippen molar-refractivity contribution in [3.8, 4) is 11.4 Å². The highest BCUT2D eigenvalue weighted by Gasteiger charge is 2.10. The molecule has 1 N–H and O–H groups in total. The van der Waals surface area contributed by atoms with Crippen molar-refractivity contribution in [2.75, 3.05) is 0 Å². The van der Waals surface area contributed by atoms with Crippen LogP contribution in [-0.4, -0.2) is 9.97 Å². The van der Waals surface area contributed by atoms with Gasteiger partial charge in [0, 0.05) is 5.56 Å². The van der Waals surface area contributed by atoms with Gasteiger partial charge in [-0.1, -0.05) is 12.1 Å². The number of H-pyrrole nitrogens is 1. The van der Waals surface area contributed by atoms with Gasteiger partial charge in [-0.05, 0) is 69.4 Å². The van der Waals surface area contributed by atoms with Crippen LogP contribution in [0.25, 0.3) is 22.4 Å². The second-order valence-electron chi connectivity index (χ2n) is 3.86. The summed E-state index contributed by atoms with van der Waals surface area (Å²) >= 11 is 4.00. The maximum atomic E-state index is 13.6. The summed E-state index contributed by atoms with van der Waals surface area (Å²) in [7, 11) is 0. The van der Waals surface area contributed by atoms with E-state index < -0.39 is 0 Å². The van der Waals surface area contributed by atoms with Gasteiger partial charge in [-0.3, -0.25) is 0 Å². The van der Waals surface area contributed by atoms with Crippen LogP contribution in [0.3, 0.4) is 0 Å². The minimum atomic E-state index is -0.170. The molecule has 0 radical (unpaired) electrons. The third-order valence-corrected chi connectivity index (χ3v) is 4.22. The average Bonchev–Trinajstić information content (AvgIpc) is 2.79. The van der Waals surface area contributed by atoms with Crippen LogP contribution in [-0.2, 0) is 0 Å². The van der Waals surface area contributed by atoms with E-state index in [0.29, 0.717) is 7.14 Å². The number of imidazole rings is 1. The van der Waals surface area contributed by atoms with E-state index in [1.807, 2.05) is 69.4 Å². The van der Waals surface area contributed by atoms with E-state index in [4.69, 9.17) is 0 Å². The molecule has 0 aliphatic heterocycles. The number of para-hydroxylation sites is 2. The number of aromatic nitrogens is 2. The lowest BCUT2D eigenvalue weighted by Crippen LogP contribution is -1.90. The quantitative estimate of drug-likeness (QED) is 0.415. The van der Waals surface area contributed by atoms with Crippen molar-refractivity contribution in [3.63, 3.8) is 0 Å². The number of benzene rings is 2. The van der Waals surface area contributed by atoms with Gasteiger partial charge in [0.15, 0.2) is 0 Å². The molecule has 3 aromatic rings. The summed E-state index contributed by atoms with van der Waals surface area (Å²) in [5.74, 6) is 0.600. The molecule has 0 spiro atoms. The van der Waals surface area contributed by atoms with E-state index in [9.17, 15) is 4.39 Å². The van der Waals surface area contributed by atoms with E-state index in [1.165, 1.54) is 0 Å². The largest absolute Gasteiger partial charge is 0.338 e. The van der Waals surface area contributed by atoms with Crippen molar-refractivity contribution in [2.45, 2.75) is 0 Å². The number of halogens is 3. The zero-order valence-electron chi connectivity index (χ0n) is 9.05. The molecule has 0 aliphatic carbocycles. The van der Waals surface area contributed by atoms with Crippen molar-refractivity contribution in [1.82, 2.24) is 9.97 Å². The Morgan fingerprint density at radius 3 is 2.39 bits per heavy atom. The molecule has 18 heavy (non-hydrogen) atoms. The number of nitrogens with zero attached hydrogens (tertiary/aromatic N) is 1. The molecule has 90 valence electrons. The Bertz CT molecular complexity index is 681.